The van der Waals surface area contributed by atoms with E-state index in [1.165, 1.54) is 5.56 Å². The molecule has 0 aromatic carbocycles. The molecular formula is C13H24N4O. The van der Waals surface area contributed by atoms with Crippen molar-refractivity contribution in [1.29, 1.82) is 0 Å². The zero-order valence-corrected chi connectivity index (χ0v) is 11.7. The zero-order chi connectivity index (χ0) is 13.0. The van der Waals surface area contributed by atoms with Gasteiger partial charge in [-0.25, -0.2) is 0 Å². The molecule has 0 unspecified atom stereocenters. The molecule has 1 aromatic rings. The first-order chi connectivity index (χ1) is 8.69. The van der Waals surface area contributed by atoms with Gasteiger partial charge in [0.25, 0.3) is 0 Å². The Morgan fingerprint density at radius 2 is 2.28 bits per heavy atom. The molecule has 1 aromatic heterocycles. The average molecular weight is 252 g/mol. The van der Waals surface area contributed by atoms with Gasteiger partial charge in [0, 0.05) is 64.7 Å². The SMILES string of the molecule is COCCN1CCN(Cc2cnn(C)c2)C[C@@H]1C. The summed E-state index contributed by atoms with van der Waals surface area (Å²) in [6.07, 6.45) is 4.06. The van der Waals surface area contributed by atoms with Gasteiger partial charge in [-0.1, -0.05) is 0 Å². The molecule has 2 heterocycles. The van der Waals surface area contributed by atoms with Crippen LogP contribution in [-0.2, 0) is 18.3 Å². The van der Waals surface area contributed by atoms with Gasteiger partial charge in [0.1, 0.15) is 0 Å². The number of hydrogen-bond acceptors (Lipinski definition) is 4. The maximum Gasteiger partial charge on any atom is 0.0589 e. The van der Waals surface area contributed by atoms with Gasteiger partial charge in [0.2, 0.25) is 0 Å². The van der Waals surface area contributed by atoms with Crippen molar-refractivity contribution in [1.82, 2.24) is 19.6 Å². The third-order valence-corrected chi connectivity index (χ3v) is 3.60. The lowest BCUT2D eigenvalue weighted by Crippen LogP contribution is -2.52. The fourth-order valence-corrected chi connectivity index (χ4v) is 2.57. The van der Waals surface area contributed by atoms with E-state index in [-0.39, 0.29) is 0 Å². The first-order valence-electron chi connectivity index (χ1n) is 6.62. The highest BCUT2D eigenvalue weighted by Gasteiger charge is 2.23. The van der Waals surface area contributed by atoms with Gasteiger partial charge in [0.05, 0.1) is 12.8 Å². The van der Waals surface area contributed by atoms with E-state index < -0.39 is 0 Å². The van der Waals surface area contributed by atoms with Crippen LogP contribution in [0.15, 0.2) is 12.4 Å². The molecule has 0 saturated carbocycles. The molecule has 5 heteroatoms. The van der Waals surface area contributed by atoms with Crippen LogP contribution in [0.4, 0.5) is 0 Å². The molecule has 0 spiro atoms. The van der Waals surface area contributed by atoms with Crippen molar-refractivity contribution in [2.24, 2.45) is 7.05 Å². The summed E-state index contributed by atoms with van der Waals surface area (Å²) in [5.41, 5.74) is 1.30. The zero-order valence-electron chi connectivity index (χ0n) is 11.7. The predicted octanol–water partition coefficient (Wildman–Crippen LogP) is 0.573. The monoisotopic (exact) mass is 252 g/mol. The molecule has 1 saturated heterocycles. The summed E-state index contributed by atoms with van der Waals surface area (Å²) in [6.45, 7) is 8.55. The number of rotatable bonds is 5. The average Bonchev–Trinajstić information content (AvgIpc) is 2.74. The van der Waals surface area contributed by atoms with Gasteiger partial charge in [0.15, 0.2) is 0 Å². The topological polar surface area (TPSA) is 33.5 Å². The van der Waals surface area contributed by atoms with Crippen molar-refractivity contribution in [2.75, 3.05) is 39.9 Å². The molecule has 1 aliphatic rings. The minimum atomic E-state index is 0.602. The largest absolute Gasteiger partial charge is 0.383 e. The standard InChI is InChI=1S/C13H24N4O/c1-12-9-16(4-5-17(12)6-7-18-3)11-13-8-14-15(2)10-13/h8,10,12H,4-7,9,11H2,1-3H3/t12-/m0/s1. The van der Waals surface area contributed by atoms with Crippen LogP contribution >= 0.6 is 0 Å². The summed E-state index contributed by atoms with van der Waals surface area (Å²) in [5.74, 6) is 0. The minimum Gasteiger partial charge on any atom is -0.383 e. The number of ether oxygens (including phenoxy) is 1. The van der Waals surface area contributed by atoms with Gasteiger partial charge < -0.3 is 4.74 Å². The highest BCUT2D eigenvalue weighted by Crippen LogP contribution is 2.12. The van der Waals surface area contributed by atoms with E-state index >= 15 is 0 Å². The Kier molecular flexibility index (Phi) is 4.74. The fourth-order valence-electron chi connectivity index (χ4n) is 2.57. The third kappa shape index (κ3) is 3.54. The molecule has 5 nitrogen and oxygen atoms in total. The first-order valence-corrected chi connectivity index (χ1v) is 6.62. The lowest BCUT2D eigenvalue weighted by atomic mass is 10.2. The van der Waals surface area contributed by atoms with E-state index in [9.17, 15) is 0 Å². The van der Waals surface area contributed by atoms with E-state index in [4.69, 9.17) is 4.74 Å². The van der Waals surface area contributed by atoms with Crippen molar-refractivity contribution >= 4 is 0 Å². The molecular weight excluding hydrogens is 228 g/mol. The maximum atomic E-state index is 5.15. The highest BCUT2D eigenvalue weighted by molar-refractivity contribution is 5.03. The van der Waals surface area contributed by atoms with Gasteiger partial charge in [-0.15, -0.1) is 0 Å². The molecule has 0 bridgehead atoms. The number of nitrogens with zero attached hydrogens (tertiary/aromatic N) is 4. The summed E-state index contributed by atoms with van der Waals surface area (Å²) in [4.78, 5) is 5.01. The second-order valence-corrected chi connectivity index (χ2v) is 5.14. The number of piperazine rings is 1. The summed E-state index contributed by atoms with van der Waals surface area (Å²) in [6, 6.07) is 0.602. The molecule has 2 rings (SSSR count). The van der Waals surface area contributed by atoms with Crippen LogP contribution in [0.2, 0.25) is 0 Å². The molecule has 102 valence electrons. The number of hydrogen-bond donors (Lipinski definition) is 0. The van der Waals surface area contributed by atoms with Crippen molar-refractivity contribution < 1.29 is 4.74 Å². The van der Waals surface area contributed by atoms with Crippen LogP contribution in [0.3, 0.4) is 0 Å². The molecule has 0 radical (unpaired) electrons. The van der Waals surface area contributed by atoms with E-state index in [0.29, 0.717) is 6.04 Å². The lowest BCUT2D eigenvalue weighted by molar-refractivity contribution is 0.0557. The molecule has 18 heavy (non-hydrogen) atoms. The van der Waals surface area contributed by atoms with Crippen LogP contribution in [0.5, 0.6) is 0 Å². The summed E-state index contributed by atoms with van der Waals surface area (Å²) >= 11 is 0. The molecule has 1 atom stereocenters. The van der Waals surface area contributed by atoms with E-state index in [2.05, 4.69) is 28.0 Å². The number of aromatic nitrogens is 2. The Balaban J connectivity index is 1.80. The molecule has 1 fully saturated rings. The van der Waals surface area contributed by atoms with E-state index in [1.54, 1.807) is 7.11 Å². The molecule has 0 N–H and O–H groups in total. The van der Waals surface area contributed by atoms with Crippen LogP contribution in [0.25, 0.3) is 0 Å². The van der Waals surface area contributed by atoms with Gasteiger partial charge in [-0.3, -0.25) is 14.5 Å². The second kappa shape index (κ2) is 6.31. The second-order valence-electron chi connectivity index (χ2n) is 5.14. The van der Waals surface area contributed by atoms with Crippen molar-refractivity contribution in [2.45, 2.75) is 19.5 Å². The van der Waals surface area contributed by atoms with Crippen molar-refractivity contribution in [3.8, 4) is 0 Å². The van der Waals surface area contributed by atoms with Gasteiger partial charge in [-0.2, -0.15) is 5.10 Å². The third-order valence-electron chi connectivity index (χ3n) is 3.60. The maximum absolute atomic E-state index is 5.15. The summed E-state index contributed by atoms with van der Waals surface area (Å²) < 4.78 is 7.02. The van der Waals surface area contributed by atoms with Crippen molar-refractivity contribution in [3.05, 3.63) is 18.0 Å². The van der Waals surface area contributed by atoms with Crippen molar-refractivity contribution in [3.63, 3.8) is 0 Å². The Morgan fingerprint density at radius 3 is 2.89 bits per heavy atom. The van der Waals surface area contributed by atoms with Crippen LogP contribution < -0.4 is 0 Å². The smallest absolute Gasteiger partial charge is 0.0589 e. The first kappa shape index (κ1) is 13.5. The Bertz CT molecular complexity index is 366. The fraction of sp³-hybridized carbons (Fsp3) is 0.769. The predicted molar refractivity (Wildman–Crippen MR) is 71.4 cm³/mol. The molecule has 1 aliphatic heterocycles. The number of aryl methyl sites for hydroxylation is 1. The highest BCUT2D eigenvalue weighted by atomic mass is 16.5. The lowest BCUT2D eigenvalue weighted by Gasteiger charge is -2.39. The van der Waals surface area contributed by atoms with Crippen LogP contribution in [0, 0.1) is 0 Å². The van der Waals surface area contributed by atoms with E-state index in [0.717, 1.165) is 39.3 Å². The van der Waals surface area contributed by atoms with Crippen LogP contribution in [-0.4, -0.2) is 65.5 Å². The Hall–Kier alpha value is -0.910. The number of methoxy groups -OCH3 is 1. The summed E-state index contributed by atoms with van der Waals surface area (Å²) in [5, 5.41) is 4.22. The van der Waals surface area contributed by atoms with Gasteiger partial charge in [-0.05, 0) is 6.92 Å². The molecule has 0 amide bonds. The Labute approximate surface area is 109 Å². The molecule has 0 aliphatic carbocycles. The normalized spacial score (nSPS) is 22.5. The van der Waals surface area contributed by atoms with Gasteiger partial charge >= 0.3 is 0 Å². The summed E-state index contributed by atoms with van der Waals surface area (Å²) in [7, 11) is 3.73. The van der Waals surface area contributed by atoms with E-state index in [1.807, 2.05) is 17.9 Å². The Morgan fingerprint density at radius 1 is 1.44 bits per heavy atom. The van der Waals surface area contributed by atoms with Crippen LogP contribution in [0.1, 0.15) is 12.5 Å². The quantitative estimate of drug-likeness (QED) is 0.767. The minimum absolute atomic E-state index is 0.602.